The molecule has 2 aliphatic heterocycles. The molecule has 0 bridgehead atoms. The number of nitrogens with zero attached hydrogens (tertiary/aromatic N) is 1. The van der Waals surface area contributed by atoms with E-state index in [1.807, 2.05) is 68.4 Å². The number of ether oxygens (including phenoxy) is 3. The number of amides is 2. The van der Waals surface area contributed by atoms with Crippen LogP contribution in [0, 0.1) is 5.92 Å². The first kappa shape index (κ1) is 26.5. The third kappa shape index (κ3) is 4.87. The van der Waals surface area contributed by atoms with Gasteiger partial charge in [0, 0.05) is 28.8 Å². The van der Waals surface area contributed by atoms with Crippen molar-refractivity contribution in [2.75, 3.05) is 25.2 Å². The van der Waals surface area contributed by atoms with Crippen molar-refractivity contribution >= 4 is 44.2 Å². The summed E-state index contributed by atoms with van der Waals surface area (Å²) in [6, 6.07) is 16.7. The van der Waals surface area contributed by atoms with Crippen LogP contribution in [0.4, 0.5) is 5.69 Å². The van der Waals surface area contributed by atoms with Crippen LogP contribution in [0.5, 0.6) is 11.5 Å². The Kier molecular flexibility index (Phi) is 7.63. The Bertz CT molecular complexity index is 1350. The lowest BCUT2D eigenvalue weighted by Gasteiger charge is -2.41. The summed E-state index contributed by atoms with van der Waals surface area (Å²) in [6.07, 6.45) is 1.67. The highest BCUT2D eigenvalue weighted by Crippen LogP contribution is 2.42. The standard InChI is InChI=1S/C30H33BrN2O5/c1-4-19(2)28(34)32-27-29(35)33(18-23-22-11-10-21(31)17-20(22)9-12-25(23)36-3)24-7-5-6-8-26(24)38-30(27)13-15-37-16-14-30/h5-12,17,19,27H,4,13-16,18H2,1-3H3,(H,32,34)/t19-,27+/m1/s1. The van der Waals surface area contributed by atoms with E-state index in [9.17, 15) is 9.59 Å². The number of carbonyl (C=O) groups excluding carboxylic acids is 2. The molecule has 3 aromatic carbocycles. The monoisotopic (exact) mass is 580 g/mol. The van der Waals surface area contributed by atoms with Gasteiger partial charge in [0.25, 0.3) is 5.91 Å². The molecule has 0 aliphatic carbocycles. The summed E-state index contributed by atoms with van der Waals surface area (Å²) < 4.78 is 19.1. The molecule has 200 valence electrons. The van der Waals surface area contributed by atoms with Crippen molar-refractivity contribution in [1.29, 1.82) is 0 Å². The Morgan fingerprint density at radius 2 is 1.95 bits per heavy atom. The molecule has 0 aromatic heterocycles. The molecule has 2 atom stereocenters. The molecular weight excluding hydrogens is 548 g/mol. The zero-order valence-electron chi connectivity index (χ0n) is 22.0. The van der Waals surface area contributed by atoms with Crippen LogP contribution < -0.4 is 19.7 Å². The molecule has 5 rings (SSSR count). The van der Waals surface area contributed by atoms with Gasteiger partial charge in [0.2, 0.25) is 5.91 Å². The molecule has 1 spiro atoms. The van der Waals surface area contributed by atoms with Crippen molar-refractivity contribution in [2.24, 2.45) is 5.92 Å². The van der Waals surface area contributed by atoms with Gasteiger partial charge < -0.3 is 24.4 Å². The smallest absolute Gasteiger partial charge is 0.254 e. The van der Waals surface area contributed by atoms with Crippen molar-refractivity contribution in [3.8, 4) is 11.5 Å². The molecule has 1 N–H and O–H groups in total. The van der Waals surface area contributed by atoms with Gasteiger partial charge in [-0.05, 0) is 47.5 Å². The first-order chi connectivity index (χ1) is 18.4. The minimum Gasteiger partial charge on any atom is -0.496 e. The zero-order chi connectivity index (χ0) is 26.9. The van der Waals surface area contributed by atoms with Crippen LogP contribution >= 0.6 is 15.9 Å². The molecule has 2 amide bonds. The van der Waals surface area contributed by atoms with Crippen LogP contribution in [-0.4, -0.2) is 43.8 Å². The van der Waals surface area contributed by atoms with Gasteiger partial charge in [-0.25, -0.2) is 0 Å². The number of benzene rings is 3. The second kappa shape index (κ2) is 10.9. The fourth-order valence-corrected chi connectivity index (χ4v) is 5.71. The highest BCUT2D eigenvalue weighted by molar-refractivity contribution is 9.10. The van der Waals surface area contributed by atoms with E-state index in [4.69, 9.17) is 14.2 Å². The summed E-state index contributed by atoms with van der Waals surface area (Å²) in [5.74, 6) is 0.722. The van der Waals surface area contributed by atoms with Crippen molar-refractivity contribution < 1.29 is 23.8 Å². The molecule has 3 aromatic rings. The topological polar surface area (TPSA) is 77.1 Å². The Morgan fingerprint density at radius 3 is 2.68 bits per heavy atom. The van der Waals surface area contributed by atoms with Gasteiger partial charge in [-0.15, -0.1) is 0 Å². The summed E-state index contributed by atoms with van der Waals surface area (Å²) in [5, 5.41) is 5.12. The number of para-hydroxylation sites is 2. The molecule has 0 saturated carbocycles. The minimum absolute atomic E-state index is 0.154. The maximum Gasteiger partial charge on any atom is 0.254 e. The van der Waals surface area contributed by atoms with Gasteiger partial charge in [0.1, 0.15) is 23.1 Å². The second-order valence-electron chi connectivity index (χ2n) is 10.0. The summed E-state index contributed by atoms with van der Waals surface area (Å²) in [4.78, 5) is 29.5. The lowest BCUT2D eigenvalue weighted by atomic mass is 9.84. The Hall–Kier alpha value is -3.10. The van der Waals surface area contributed by atoms with E-state index >= 15 is 0 Å². The van der Waals surface area contributed by atoms with Crippen LogP contribution in [-0.2, 0) is 20.9 Å². The van der Waals surface area contributed by atoms with E-state index in [0.29, 0.717) is 49.7 Å². The predicted molar refractivity (Wildman–Crippen MR) is 151 cm³/mol. The van der Waals surface area contributed by atoms with E-state index in [0.717, 1.165) is 20.8 Å². The number of hydrogen-bond acceptors (Lipinski definition) is 5. The van der Waals surface area contributed by atoms with E-state index in [1.54, 1.807) is 12.0 Å². The first-order valence-electron chi connectivity index (χ1n) is 13.1. The van der Waals surface area contributed by atoms with Crippen molar-refractivity contribution in [2.45, 2.75) is 51.3 Å². The van der Waals surface area contributed by atoms with E-state index in [2.05, 4.69) is 21.2 Å². The van der Waals surface area contributed by atoms with E-state index < -0.39 is 11.6 Å². The highest BCUT2D eigenvalue weighted by atomic mass is 79.9. The second-order valence-corrected chi connectivity index (χ2v) is 10.9. The van der Waals surface area contributed by atoms with Crippen LogP contribution in [0.3, 0.4) is 0 Å². The number of halogens is 1. The Labute approximate surface area is 231 Å². The fraction of sp³-hybridized carbons (Fsp3) is 0.400. The third-order valence-electron chi connectivity index (χ3n) is 7.78. The van der Waals surface area contributed by atoms with Gasteiger partial charge in [-0.3, -0.25) is 9.59 Å². The van der Waals surface area contributed by atoms with Crippen LogP contribution in [0.25, 0.3) is 10.8 Å². The molecule has 8 heteroatoms. The lowest BCUT2D eigenvalue weighted by Crippen LogP contribution is -2.64. The van der Waals surface area contributed by atoms with E-state index in [-0.39, 0.29) is 24.3 Å². The number of rotatable bonds is 6. The van der Waals surface area contributed by atoms with Crippen molar-refractivity contribution in [3.63, 3.8) is 0 Å². The lowest BCUT2D eigenvalue weighted by molar-refractivity contribution is -0.138. The van der Waals surface area contributed by atoms with Gasteiger partial charge in [0.15, 0.2) is 0 Å². The molecule has 2 aliphatic rings. The zero-order valence-corrected chi connectivity index (χ0v) is 23.5. The Balaban J connectivity index is 1.64. The average molecular weight is 582 g/mol. The third-order valence-corrected chi connectivity index (χ3v) is 8.27. The Morgan fingerprint density at radius 1 is 1.18 bits per heavy atom. The molecule has 7 nitrogen and oxygen atoms in total. The quantitative estimate of drug-likeness (QED) is 0.409. The number of carbonyl (C=O) groups is 2. The molecule has 1 fully saturated rings. The highest BCUT2D eigenvalue weighted by Gasteiger charge is 2.51. The van der Waals surface area contributed by atoms with Gasteiger partial charge in [-0.1, -0.05) is 54.0 Å². The van der Waals surface area contributed by atoms with Crippen molar-refractivity contribution in [1.82, 2.24) is 5.32 Å². The molecular formula is C30H33BrN2O5. The van der Waals surface area contributed by atoms with Crippen LogP contribution in [0.1, 0.15) is 38.7 Å². The number of fused-ring (bicyclic) bond motifs is 2. The maximum atomic E-state index is 14.6. The fourth-order valence-electron chi connectivity index (χ4n) is 5.34. The SMILES string of the molecule is CC[C@@H](C)C(=O)N[C@H]1C(=O)N(Cc2c(OC)ccc3cc(Br)ccc23)c2ccccc2OC12CCOCC2. The van der Waals surface area contributed by atoms with Crippen LogP contribution in [0.15, 0.2) is 59.1 Å². The summed E-state index contributed by atoms with van der Waals surface area (Å²) in [5.41, 5.74) is 0.646. The predicted octanol–water partition coefficient (Wildman–Crippen LogP) is 5.62. The summed E-state index contributed by atoms with van der Waals surface area (Å²) in [6.45, 7) is 5.00. The molecule has 0 radical (unpaired) electrons. The average Bonchev–Trinajstić information content (AvgIpc) is 3.02. The maximum absolute atomic E-state index is 14.6. The van der Waals surface area contributed by atoms with Gasteiger partial charge in [-0.2, -0.15) is 0 Å². The summed E-state index contributed by atoms with van der Waals surface area (Å²) >= 11 is 3.56. The largest absolute Gasteiger partial charge is 0.496 e. The minimum atomic E-state index is -0.906. The van der Waals surface area contributed by atoms with Crippen LogP contribution in [0.2, 0.25) is 0 Å². The molecule has 38 heavy (non-hydrogen) atoms. The van der Waals surface area contributed by atoms with E-state index in [1.165, 1.54) is 0 Å². The number of nitrogens with one attached hydrogen (secondary N) is 1. The van der Waals surface area contributed by atoms with Gasteiger partial charge >= 0.3 is 0 Å². The van der Waals surface area contributed by atoms with Gasteiger partial charge in [0.05, 0.1) is 32.6 Å². The first-order valence-corrected chi connectivity index (χ1v) is 13.9. The normalized spacial score (nSPS) is 19.4. The molecule has 1 saturated heterocycles. The number of anilines is 1. The molecule has 2 heterocycles. The number of hydrogen-bond donors (Lipinski definition) is 1. The van der Waals surface area contributed by atoms with Crippen molar-refractivity contribution in [3.05, 3.63) is 64.6 Å². The number of methoxy groups -OCH3 is 1. The summed E-state index contributed by atoms with van der Waals surface area (Å²) in [7, 11) is 1.64. The molecule has 0 unspecified atom stereocenters.